The molecule has 1 aliphatic heterocycles. The van der Waals surface area contributed by atoms with Gasteiger partial charge in [-0.25, -0.2) is 8.42 Å². The quantitative estimate of drug-likeness (QED) is 0.811. The number of hydrogen-bond donors (Lipinski definition) is 2. The summed E-state index contributed by atoms with van der Waals surface area (Å²) in [6.45, 7) is 0.212. The van der Waals surface area contributed by atoms with E-state index in [-0.39, 0.29) is 12.3 Å². The summed E-state index contributed by atoms with van der Waals surface area (Å²) in [4.78, 5) is 11.8. The van der Waals surface area contributed by atoms with Gasteiger partial charge in [0.1, 0.15) is 0 Å². The van der Waals surface area contributed by atoms with Crippen LogP contribution in [0.25, 0.3) is 0 Å². The van der Waals surface area contributed by atoms with Crippen molar-refractivity contribution in [3.63, 3.8) is 0 Å². The van der Waals surface area contributed by atoms with Gasteiger partial charge in [0.25, 0.3) is 0 Å². The van der Waals surface area contributed by atoms with E-state index in [9.17, 15) is 13.2 Å². The lowest BCUT2D eigenvalue weighted by atomic mass is 10.3. The van der Waals surface area contributed by atoms with Crippen LogP contribution in [-0.2, 0) is 14.8 Å². The Morgan fingerprint density at radius 2 is 2.21 bits per heavy atom. The van der Waals surface area contributed by atoms with Crippen LogP contribution in [0, 0.1) is 0 Å². The van der Waals surface area contributed by atoms with E-state index in [0.29, 0.717) is 29.4 Å². The first-order valence-corrected chi connectivity index (χ1v) is 7.70. The summed E-state index contributed by atoms with van der Waals surface area (Å²) >= 11 is 5.77. The molecule has 0 bridgehead atoms. The summed E-state index contributed by atoms with van der Waals surface area (Å²) in [6.07, 6.45) is 0.559. The van der Waals surface area contributed by atoms with Crippen LogP contribution >= 0.6 is 11.6 Å². The number of benzene rings is 1. The number of carbonyl (C=O) groups is 1. The SMILES string of the molecule is Nc1cc(NC(=O)CN2CCCS2(=O)=O)ccc1Cl. The predicted molar refractivity (Wildman–Crippen MR) is 74.5 cm³/mol. The molecule has 1 aromatic rings. The molecule has 2 rings (SSSR count). The van der Waals surface area contributed by atoms with Crippen molar-refractivity contribution < 1.29 is 13.2 Å². The van der Waals surface area contributed by atoms with Gasteiger partial charge in [-0.05, 0) is 24.6 Å². The number of amides is 1. The molecule has 1 fully saturated rings. The summed E-state index contributed by atoms with van der Waals surface area (Å²) < 4.78 is 24.3. The average molecular weight is 304 g/mol. The lowest BCUT2D eigenvalue weighted by molar-refractivity contribution is -0.116. The highest BCUT2D eigenvalue weighted by atomic mass is 35.5. The number of rotatable bonds is 3. The Morgan fingerprint density at radius 3 is 2.79 bits per heavy atom. The lowest BCUT2D eigenvalue weighted by Gasteiger charge is -2.14. The highest BCUT2D eigenvalue weighted by Gasteiger charge is 2.29. The molecule has 0 atom stereocenters. The summed E-state index contributed by atoms with van der Waals surface area (Å²) in [5, 5.41) is 2.99. The molecule has 8 heteroatoms. The molecular weight excluding hydrogens is 290 g/mol. The van der Waals surface area contributed by atoms with Gasteiger partial charge >= 0.3 is 0 Å². The van der Waals surface area contributed by atoms with Crippen LogP contribution in [0.15, 0.2) is 18.2 Å². The van der Waals surface area contributed by atoms with Crippen molar-refractivity contribution in [2.45, 2.75) is 6.42 Å². The van der Waals surface area contributed by atoms with Crippen molar-refractivity contribution in [1.82, 2.24) is 4.31 Å². The Kier molecular flexibility index (Phi) is 3.98. The van der Waals surface area contributed by atoms with Crippen LogP contribution in [0.1, 0.15) is 6.42 Å². The molecule has 1 amide bonds. The highest BCUT2D eigenvalue weighted by Crippen LogP contribution is 2.22. The maximum Gasteiger partial charge on any atom is 0.239 e. The smallest absolute Gasteiger partial charge is 0.239 e. The fourth-order valence-electron chi connectivity index (χ4n) is 1.85. The van der Waals surface area contributed by atoms with E-state index >= 15 is 0 Å². The van der Waals surface area contributed by atoms with E-state index < -0.39 is 15.9 Å². The molecule has 104 valence electrons. The van der Waals surface area contributed by atoms with E-state index in [1.807, 2.05) is 0 Å². The molecule has 0 unspecified atom stereocenters. The number of nitrogens with zero attached hydrogens (tertiary/aromatic N) is 1. The number of nitrogens with one attached hydrogen (secondary N) is 1. The molecule has 1 heterocycles. The summed E-state index contributed by atoms with van der Waals surface area (Å²) in [7, 11) is -3.26. The van der Waals surface area contributed by atoms with Crippen LogP contribution in [0.5, 0.6) is 0 Å². The number of sulfonamides is 1. The first kappa shape index (κ1) is 14.1. The molecule has 1 saturated heterocycles. The molecule has 0 radical (unpaired) electrons. The number of carbonyl (C=O) groups excluding carboxylic acids is 1. The zero-order chi connectivity index (χ0) is 14.0. The van der Waals surface area contributed by atoms with Crippen molar-refractivity contribution >= 4 is 38.9 Å². The summed E-state index contributed by atoms with van der Waals surface area (Å²) in [5.74, 6) is -0.291. The number of hydrogen-bond acceptors (Lipinski definition) is 4. The molecule has 1 aliphatic rings. The third-order valence-corrected chi connectivity index (χ3v) is 5.05. The maximum absolute atomic E-state index is 11.8. The van der Waals surface area contributed by atoms with Crippen molar-refractivity contribution in [1.29, 1.82) is 0 Å². The molecular formula is C11H14ClN3O3S. The Bertz CT molecular complexity index is 603. The Morgan fingerprint density at radius 1 is 1.47 bits per heavy atom. The Hall–Kier alpha value is -1.31. The molecule has 0 aliphatic carbocycles. The minimum Gasteiger partial charge on any atom is -0.397 e. The van der Waals surface area contributed by atoms with Gasteiger partial charge in [-0.15, -0.1) is 0 Å². The minimum atomic E-state index is -3.26. The van der Waals surface area contributed by atoms with Crippen LogP contribution in [0.3, 0.4) is 0 Å². The van der Waals surface area contributed by atoms with E-state index in [1.54, 1.807) is 12.1 Å². The van der Waals surface area contributed by atoms with Gasteiger partial charge in [0.15, 0.2) is 0 Å². The summed E-state index contributed by atoms with van der Waals surface area (Å²) in [6, 6.07) is 4.70. The first-order chi connectivity index (χ1) is 8.88. The molecule has 0 spiro atoms. The van der Waals surface area contributed by atoms with Gasteiger partial charge in [-0.2, -0.15) is 4.31 Å². The Balaban J connectivity index is 2.00. The molecule has 1 aromatic carbocycles. The number of anilines is 2. The largest absolute Gasteiger partial charge is 0.397 e. The highest BCUT2D eigenvalue weighted by molar-refractivity contribution is 7.89. The number of nitrogens with two attached hydrogens (primary N) is 1. The first-order valence-electron chi connectivity index (χ1n) is 5.71. The Labute approximate surface area is 116 Å². The predicted octanol–water partition coefficient (Wildman–Crippen LogP) is 0.896. The molecule has 0 aromatic heterocycles. The summed E-state index contributed by atoms with van der Waals surface area (Å²) in [5.41, 5.74) is 6.46. The van der Waals surface area contributed by atoms with Crippen molar-refractivity contribution in [3.05, 3.63) is 23.2 Å². The van der Waals surface area contributed by atoms with Crippen LogP contribution < -0.4 is 11.1 Å². The van der Waals surface area contributed by atoms with Gasteiger partial charge in [0.2, 0.25) is 15.9 Å². The van der Waals surface area contributed by atoms with E-state index in [4.69, 9.17) is 17.3 Å². The minimum absolute atomic E-state index is 0.105. The monoisotopic (exact) mass is 303 g/mol. The van der Waals surface area contributed by atoms with Crippen molar-refractivity contribution in [2.24, 2.45) is 0 Å². The standard InChI is InChI=1S/C11H14ClN3O3S/c12-9-3-2-8(6-10(9)13)14-11(16)7-15-4-1-5-19(15,17)18/h2-3,6H,1,4-5,7,13H2,(H,14,16). The average Bonchev–Trinajstić information content (AvgIpc) is 2.63. The second-order valence-corrected chi connectivity index (χ2v) is 6.78. The third-order valence-electron chi connectivity index (χ3n) is 2.80. The van der Waals surface area contributed by atoms with Crippen LogP contribution in [-0.4, -0.2) is 37.5 Å². The van der Waals surface area contributed by atoms with Gasteiger partial charge in [0, 0.05) is 12.2 Å². The molecule has 6 nitrogen and oxygen atoms in total. The fraction of sp³-hybridized carbons (Fsp3) is 0.364. The normalized spacial score (nSPS) is 18.4. The zero-order valence-corrected chi connectivity index (χ0v) is 11.7. The lowest BCUT2D eigenvalue weighted by Crippen LogP contribution is -2.34. The van der Waals surface area contributed by atoms with Gasteiger partial charge in [-0.3, -0.25) is 4.79 Å². The van der Waals surface area contributed by atoms with Crippen LogP contribution in [0.2, 0.25) is 5.02 Å². The van der Waals surface area contributed by atoms with Crippen molar-refractivity contribution in [2.75, 3.05) is 29.9 Å². The second-order valence-electron chi connectivity index (χ2n) is 4.29. The van der Waals surface area contributed by atoms with Gasteiger partial charge in [-0.1, -0.05) is 11.6 Å². The van der Waals surface area contributed by atoms with E-state index in [2.05, 4.69) is 5.32 Å². The topological polar surface area (TPSA) is 92.5 Å². The van der Waals surface area contributed by atoms with E-state index in [0.717, 1.165) is 0 Å². The van der Waals surface area contributed by atoms with Gasteiger partial charge in [0.05, 0.1) is 23.0 Å². The second kappa shape index (κ2) is 5.36. The van der Waals surface area contributed by atoms with E-state index in [1.165, 1.54) is 10.4 Å². The van der Waals surface area contributed by atoms with Crippen molar-refractivity contribution in [3.8, 4) is 0 Å². The number of nitrogen functional groups attached to an aromatic ring is 1. The van der Waals surface area contributed by atoms with Gasteiger partial charge < -0.3 is 11.1 Å². The zero-order valence-electron chi connectivity index (χ0n) is 10.1. The van der Waals surface area contributed by atoms with Crippen LogP contribution in [0.4, 0.5) is 11.4 Å². The molecule has 3 N–H and O–H groups in total. The fourth-order valence-corrected chi connectivity index (χ4v) is 3.44. The number of halogens is 1. The molecule has 19 heavy (non-hydrogen) atoms. The third kappa shape index (κ3) is 3.37. The maximum atomic E-state index is 11.8. The molecule has 0 saturated carbocycles.